The molecule has 0 saturated carbocycles. The second-order valence-corrected chi connectivity index (χ2v) is 6.95. The zero-order chi connectivity index (χ0) is 16.4. The number of amides is 1. The van der Waals surface area contributed by atoms with Gasteiger partial charge in [-0.25, -0.2) is 13.8 Å². The van der Waals surface area contributed by atoms with Crippen LogP contribution in [0, 0.1) is 5.92 Å². The SMILES string of the molecule is CC(F)(F)C1CCN(C(=O)c2cnc(-c3ccccc3)s2)CC1. The fourth-order valence-electron chi connectivity index (χ4n) is 2.83. The molecule has 23 heavy (non-hydrogen) atoms. The summed E-state index contributed by atoms with van der Waals surface area (Å²) in [5.41, 5.74) is 0.973. The molecular weight excluding hydrogens is 318 g/mol. The van der Waals surface area contributed by atoms with Gasteiger partial charge in [-0.3, -0.25) is 4.79 Å². The first kappa shape index (κ1) is 16.1. The fourth-order valence-corrected chi connectivity index (χ4v) is 3.72. The number of rotatable bonds is 3. The van der Waals surface area contributed by atoms with Crippen molar-refractivity contribution in [3.05, 3.63) is 41.4 Å². The van der Waals surface area contributed by atoms with Gasteiger partial charge in [-0.05, 0) is 19.8 Å². The first-order chi connectivity index (χ1) is 10.9. The minimum atomic E-state index is -2.67. The minimum absolute atomic E-state index is 0.109. The van der Waals surface area contributed by atoms with Gasteiger partial charge in [-0.2, -0.15) is 0 Å². The van der Waals surface area contributed by atoms with E-state index in [9.17, 15) is 13.6 Å². The van der Waals surface area contributed by atoms with Crippen molar-refractivity contribution in [2.24, 2.45) is 5.92 Å². The maximum Gasteiger partial charge on any atom is 0.265 e. The molecule has 3 nitrogen and oxygen atoms in total. The van der Waals surface area contributed by atoms with Gasteiger partial charge in [0.2, 0.25) is 5.92 Å². The van der Waals surface area contributed by atoms with Gasteiger partial charge in [0, 0.05) is 24.6 Å². The van der Waals surface area contributed by atoms with E-state index in [1.54, 1.807) is 11.1 Å². The highest BCUT2D eigenvalue weighted by Crippen LogP contribution is 2.33. The highest BCUT2D eigenvalue weighted by Gasteiger charge is 2.37. The maximum absolute atomic E-state index is 13.3. The molecule has 1 aromatic heterocycles. The Labute approximate surface area is 138 Å². The van der Waals surface area contributed by atoms with E-state index in [-0.39, 0.29) is 5.91 Å². The number of benzene rings is 1. The Morgan fingerprint density at radius 2 is 1.91 bits per heavy atom. The van der Waals surface area contributed by atoms with Crippen molar-refractivity contribution in [1.82, 2.24) is 9.88 Å². The molecule has 2 heterocycles. The number of piperidine rings is 1. The van der Waals surface area contributed by atoms with Crippen LogP contribution in [0.5, 0.6) is 0 Å². The lowest BCUT2D eigenvalue weighted by Gasteiger charge is -2.34. The summed E-state index contributed by atoms with van der Waals surface area (Å²) in [5.74, 6) is -3.41. The van der Waals surface area contributed by atoms with Gasteiger partial charge in [-0.15, -0.1) is 11.3 Å². The summed E-state index contributed by atoms with van der Waals surface area (Å²) >= 11 is 1.34. The summed E-state index contributed by atoms with van der Waals surface area (Å²) in [6.07, 6.45) is 2.27. The Balaban J connectivity index is 1.67. The molecule has 1 amide bonds. The lowest BCUT2D eigenvalue weighted by atomic mass is 9.91. The predicted molar refractivity (Wildman–Crippen MR) is 86.8 cm³/mol. The molecule has 0 aliphatic carbocycles. The number of thiazole rings is 1. The molecule has 0 N–H and O–H groups in total. The average Bonchev–Trinajstić information content (AvgIpc) is 3.04. The third-order valence-corrected chi connectivity index (χ3v) is 5.27. The largest absolute Gasteiger partial charge is 0.338 e. The van der Waals surface area contributed by atoms with Crippen LogP contribution < -0.4 is 0 Å². The van der Waals surface area contributed by atoms with E-state index in [0.717, 1.165) is 17.5 Å². The highest BCUT2D eigenvalue weighted by atomic mass is 32.1. The Morgan fingerprint density at radius 3 is 2.52 bits per heavy atom. The first-order valence-electron chi connectivity index (χ1n) is 7.63. The van der Waals surface area contributed by atoms with Crippen LogP contribution in [0.2, 0.25) is 0 Å². The number of carbonyl (C=O) groups excluding carboxylic acids is 1. The van der Waals surface area contributed by atoms with Crippen molar-refractivity contribution in [1.29, 1.82) is 0 Å². The summed E-state index contributed by atoms with van der Waals surface area (Å²) in [5, 5.41) is 0.795. The van der Waals surface area contributed by atoms with Crippen LogP contribution in [-0.2, 0) is 0 Å². The number of aromatic nitrogens is 1. The van der Waals surface area contributed by atoms with Crippen LogP contribution in [0.25, 0.3) is 10.6 Å². The fraction of sp³-hybridized carbons (Fsp3) is 0.412. The molecular formula is C17H18F2N2OS. The van der Waals surface area contributed by atoms with Crippen LogP contribution in [0.3, 0.4) is 0 Å². The topological polar surface area (TPSA) is 33.2 Å². The van der Waals surface area contributed by atoms with Gasteiger partial charge in [0.15, 0.2) is 0 Å². The van der Waals surface area contributed by atoms with E-state index in [1.807, 2.05) is 30.3 Å². The van der Waals surface area contributed by atoms with Crippen LogP contribution in [-0.4, -0.2) is 34.8 Å². The van der Waals surface area contributed by atoms with Crippen molar-refractivity contribution in [2.75, 3.05) is 13.1 Å². The van der Waals surface area contributed by atoms with Gasteiger partial charge in [0.25, 0.3) is 5.91 Å². The van der Waals surface area contributed by atoms with Crippen LogP contribution in [0.1, 0.15) is 29.4 Å². The zero-order valence-corrected chi connectivity index (χ0v) is 13.7. The van der Waals surface area contributed by atoms with Gasteiger partial charge >= 0.3 is 0 Å². The van der Waals surface area contributed by atoms with Crippen molar-refractivity contribution < 1.29 is 13.6 Å². The summed E-state index contributed by atoms with van der Waals surface area (Å²) in [7, 11) is 0. The number of likely N-dealkylation sites (tertiary alicyclic amines) is 1. The number of nitrogens with zero attached hydrogens (tertiary/aromatic N) is 2. The van der Waals surface area contributed by atoms with E-state index in [0.29, 0.717) is 30.8 Å². The Hall–Kier alpha value is -1.82. The molecule has 1 aromatic carbocycles. The number of hydrogen-bond acceptors (Lipinski definition) is 3. The van der Waals surface area contributed by atoms with Crippen LogP contribution in [0.15, 0.2) is 36.5 Å². The molecule has 6 heteroatoms. The number of alkyl halides is 2. The Morgan fingerprint density at radius 1 is 1.26 bits per heavy atom. The van der Waals surface area contributed by atoms with Crippen molar-refractivity contribution in [2.45, 2.75) is 25.7 Å². The number of carbonyl (C=O) groups is 1. The lowest BCUT2D eigenvalue weighted by molar-refractivity contribution is -0.0594. The Bertz CT molecular complexity index is 673. The molecule has 0 atom stereocenters. The maximum atomic E-state index is 13.3. The van der Waals surface area contributed by atoms with E-state index in [2.05, 4.69) is 4.98 Å². The van der Waals surface area contributed by atoms with Gasteiger partial charge in [0.05, 0.1) is 6.20 Å². The van der Waals surface area contributed by atoms with Crippen LogP contribution >= 0.6 is 11.3 Å². The second kappa shape index (κ2) is 6.35. The van der Waals surface area contributed by atoms with E-state index >= 15 is 0 Å². The monoisotopic (exact) mass is 336 g/mol. The normalized spacial score (nSPS) is 16.6. The first-order valence-corrected chi connectivity index (χ1v) is 8.45. The molecule has 2 aromatic rings. The summed E-state index contributed by atoms with van der Waals surface area (Å²) < 4.78 is 26.7. The second-order valence-electron chi connectivity index (χ2n) is 5.92. The third kappa shape index (κ3) is 3.58. The summed E-state index contributed by atoms with van der Waals surface area (Å²) in [6.45, 7) is 1.72. The minimum Gasteiger partial charge on any atom is -0.338 e. The molecule has 1 aliphatic heterocycles. The quantitative estimate of drug-likeness (QED) is 0.836. The summed E-state index contributed by atoms with van der Waals surface area (Å²) in [6, 6.07) is 9.67. The molecule has 1 saturated heterocycles. The van der Waals surface area contributed by atoms with Gasteiger partial charge in [0.1, 0.15) is 9.88 Å². The Kier molecular flexibility index (Phi) is 4.43. The van der Waals surface area contributed by atoms with Crippen molar-refractivity contribution in [3.63, 3.8) is 0 Å². The predicted octanol–water partition coefficient (Wildman–Crippen LogP) is 4.32. The molecule has 3 rings (SSSR count). The molecule has 1 aliphatic rings. The van der Waals surface area contributed by atoms with E-state index in [1.165, 1.54) is 11.3 Å². The van der Waals surface area contributed by atoms with Crippen molar-refractivity contribution >= 4 is 17.2 Å². The molecule has 0 spiro atoms. The lowest BCUT2D eigenvalue weighted by Crippen LogP contribution is -2.42. The number of hydrogen-bond donors (Lipinski definition) is 0. The van der Waals surface area contributed by atoms with E-state index in [4.69, 9.17) is 0 Å². The van der Waals surface area contributed by atoms with Crippen molar-refractivity contribution in [3.8, 4) is 10.6 Å². The molecule has 1 fully saturated rings. The smallest absolute Gasteiger partial charge is 0.265 e. The average molecular weight is 336 g/mol. The van der Waals surface area contributed by atoms with Gasteiger partial charge in [-0.1, -0.05) is 30.3 Å². The molecule has 0 bridgehead atoms. The molecule has 0 radical (unpaired) electrons. The third-order valence-electron chi connectivity index (χ3n) is 4.24. The summed E-state index contributed by atoms with van der Waals surface area (Å²) in [4.78, 5) is 19.0. The van der Waals surface area contributed by atoms with E-state index < -0.39 is 11.8 Å². The molecule has 0 unspecified atom stereocenters. The standard InChI is InChI=1S/C17H18F2N2OS/c1-17(18,19)13-7-9-21(10-8-13)16(22)14-11-20-15(23-14)12-5-3-2-4-6-12/h2-6,11,13H,7-10H2,1H3. The van der Waals surface area contributed by atoms with Crippen LogP contribution in [0.4, 0.5) is 8.78 Å². The zero-order valence-electron chi connectivity index (χ0n) is 12.8. The highest BCUT2D eigenvalue weighted by molar-refractivity contribution is 7.16. The molecule has 122 valence electrons. The van der Waals surface area contributed by atoms with Gasteiger partial charge < -0.3 is 4.90 Å². The number of halogens is 2.